The van der Waals surface area contributed by atoms with E-state index < -0.39 is 10.0 Å². The molecule has 1 aliphatic carbocycles. The fourth-order valence-corrected chi connectivity index (χ4v) is 3.74. The minimum absolute atomic E-state index is 0.151. The number of halogens is 1. The molecule has 1 fully saturated rings. The van der Waals surface area contributed by atoms with Gasteiger partial charge in [-0.05, 0) is 24.7 Å². The first kappa shape index (κ1) is 15.3. The predicted molar refractivity (Wildman–Crippen MR) is 72.9 cm³/mol. The third-order valence-corrected chi connectivity index (χ3v) is 5.29. The first-order chi connectivity index (χ1) is 8.03. The van der Waals surface area contributed by atoms with Crippen LogP contribution in [0.5, 0.6) is 0 Å². The minimum Gasteiger partial charge on any atom is -0.215 e. The van der Waals surface area contributed by atoms with Gasteiger partial charge in [-0.25, -0.2) is 13.1 Å². The van der Waals surface area contributed by atoms with Gasteiger partial charge in [0.25, 0.3) is 0 Å². The Morgan fingerprint density at radius 3 is 2.47 bits per heavy atom. The number of nitrogens with one attached hydrogen (secondary N) is 1. The summed E-state index contributed by atoms with van der Waals surface area (Å²) in [6.07, 6.45) is 6.60. The summed E-state index contributed by atoms with van der Waals surface area (Å²) >= 11 is 5.48. The largest absolute Gasteiger partial charge is 0.215 e. The SMILES string of the molecule is CC1CCC(CCNS(=O)(=O)CCCCl)CC1. The molecule has 0 unspecified atom stereocenters. The molecule has 1 N–H and O–H groups in total. The third-order valence-electron chi connectivity index (χ3n) is 3.56. The van der Waals surface area contributed by atoms with Crippen molar-refractivity contribution in [3.05, 3.63) is 0 Å². The summed E-state index contributed by atoms with van der Waals surface area (Å²) in [7, 11) is -3.09. The highest BCUT2D eigenvalue weighted by molar-refractivity contribution is 7.89. The van der Waals surface area contributed by atoms with Crippen molar-refractivity contribution in [3.8, 4) is 0 Å². The maximum absolute atomic E-state index is 11.5. The van der Waals surface area contributed by atoms with Crippen LogP contribution in [0, 0.1) is 11.8 Å². The van der Waals surface area contributed by atoms with Gasteiger partial charge in [0, 0.05) is 12.4 Å². The summed E-state index contributed by atoms with van der Waals surface area (Å²) in [5, 5.41) is 0. The van der Waals surface area contributed by atoms with Gasteiger partial charge in [-0.2, -0.15) is 0 Å². The van der Waals surface area contributed by atoms with E-state index in [1.165, 1.54) is 25.7 Å². The molecule has 0 saturated heterocycles. The summed E-state index contributed by atoms with van der Waals surface area (Å²) in [6, 6.07) is 0. The van der Waals surface area contributed by atoms with Crippen LogP contribution in [0.1, 0.15) is 45.4 Å². The van der Waals surface area contributed by atoms with Crippen LogP contribution in [0.25, 0.3) is 0 Å². The molecule has 0 amide bonds. The highest BCUT2D eigenvalue weighted by atomic mass is 35.5. The zero-order valence-corrected chi connectivity index (χ0v) is 12.2. The lowest BCUT2D eigenvalue weighted by molar-refractivity contribution is 0.278. The molecule has 0 spiro atoms. The summed E-state index contributed by atoms with van der Waals surface area (Å²) in [6.45, 7) is 2.88. The molecule has 17 heavy (non-hydrogen) atoms. The van der Waals surface area contributed by atoms with E-state index in [9.17, 15) is 8.42 Å². The standard InChI is InChI=1S/C12H24ClNO2S/c1-11-3-5-12(6-4-11)7-9-14-17(15,16)10-2-8-13/h11-12,14H,2-10H2,1H3. The average molecular weight is 282 g/mol. The molecule has 0 aromatic carbocycles. The second-order valence-corrected chi connectivity index (χ2v) is 7.47. The number of hydrogen-bond donors (Lipinski definition) is 1. The molecule has 0 aromatic rings. The molecule has 0 atom stereocenters. The predicted octanol–water partition coefficient (Wildman–Crippen LogP) is 2.75. The van der Waals surface area contributed by atoms with Crippen LogP contribution in [0.2, 0.25) is 0 Å². The van der Waals surface area contributed by atoms with Gasteiger partial charge in [-0.1, -0.05) is 32.6 Å². The summed E-state index contributed by atoms with van der Waals surface area (Å²) in [4.78, 5) is 0. The fraction of sp³-hybridized carbons (Fsp3) is 1.00. The van der Waals surface area contributed by atoms with Gasteiger partial charge in [-0.15, -0.1) is 11.6 Å². The lowest BCUT2D eigenvalue weighted by Gasteiger charge is -2.26. The Morgan fingerprint density at radius 2 is 1.88 bits per heavy atom. The van der Waals surface area contributed by atoms with E-state index >= 15 is 0 Å². The van der Waals surface area contributed by atoms with Gasteiger partial charge >= 0.3 is 0 Å². The maximum atomic E-state index is 11.5. The van der Waals surface area contributed by atoms with Gasteiger partial charge in [-0.3, -0.25) is 0 Å². The zero-order valence-electron chi connectivity index (χ0n) is 10.6. The van der Waals surface area contributed by atoms with Gasteiger partial charge in [0.05, 0.1) is 5.75 Å². The smallest absolute Gasteiger partial charge is 0.211 e. The normalized spacial score (nSPS) is 26.0. The van der Waals surface area contributed by atoms with Crippen molar-refractivity contribution in [2.75, 3.05) is 18.2 Å². The highest BCUT2D eigenvalue weighted by Gasteiger charge is 2.18. The van der Waals surface area contributed by atoms with Crippen LogP contribution in [0.15, 0.2) is 0 Å². The van der Waals surface area contributed by atoms with Crippen molar-refractivity contribution in [1.29, 1.82) is 0 Å². The molecule has 102 valence electrons. The number of rotatable bonds is 7. The van der Waals surface area contributed by atoms with Gasteiger partial charge in [0.15, 0.2) is 0 Å². The lowest BCUT2D eigenvalue weighted by atomic mass is 9.81. The molecule has 0 radical (unpaired) electrons. The second kappa shape index (κ2) is 7.59. The van der Waals surface area contributed by atoms with Gasteiger partial charge < -0.3 is 0 Å². The molecule has 3 nitrogen and oxygen atoms in total. The van der Waals surface area contributed by atoms with E-state index in [0.717, 1.165) is 12.3 Å². The van der Waals surface area contributed by atoms with Crippen molar-refractivity contribution in [2.24, 2.45) is 11.8 Å². The van der Waals surface area contributed by atoms with Crippen LogP contribution in [0.4, 0.5) is 0 Å². The van der Waals surface area contributed by atoms with Gasteiger partial charge in [0.1, 0.15) is 0 Å². The van der Waals surface area contributed by atoms with Crippen LogP contribution in [0.3, 0.4) is 0 Å². The number of alkyl halides is 1. The summed E-state index contributed by atoms with van der Waals surface area (Å²) in [5.74, 6) is 2.12. The molecule has 1 aliphatic rings. The Balaban J connectivity index is 2.14. The molecular formula is C12H24ClNO2S. The lowest BCUT2D eigenvalue weighted by Crippen LogP contribution is -2.29. The topological polar surface area (TPSA) is 46.2 Å². The van der Waals surface area contributed by atoms with E-state index in [-0.39, 0.29) is 5.75 Å². The quantitative estimate of drug-likeness (QED) is 0.730. The van der Waals surface area contributed by atoms with Crippen molar-refractivity contribution >= 4 is 21.6 Å². The molecule has 0 bridgehead atoms. The monoisotopic (exact) mass is 281 g/mol. The van der Waals surface area contributed by atoms with E-state index in [4.69, 9.17) is 11.6 Å². The van der Waals surface area contributed by atoms with Crippen molar-refractivity contribution < 1.29 is 8.42 Å². The molecule has 0 aliphatic heterocycles. The van der Waals surface area contributed by atoms with Crippen LogP contribution in [-0.4, -0.2) is 26.6 Å². The van der Waals surface area contributed by atoms with Crippen LogP contribution < -0.4 is 4.72 Å². The average Bonchev–Trinajstić information content (AvgIpc) is 2.29. The Morgan fingerprint density at radius 1 is 1.24 bits per heavy atom. The van der Waals surface area contributed by atoms with Crippen molar-refractivity contribution in [1.82, 2.24) is 4.72 Å². The summed E-state index contributed by atoms with van der Waals surface area (Å²) < 4.78 is 25.7. The van der Waals surface area contributed by atoms with E-state index in [1.54, 1.807) is 0 Å². The number of sulfonamides is 1. The minimum atomic E-state index is -3.09. The Labute approximate surface area is 110 Å². The maximum Gasteiger partial charge on any atom is 0.211 e. The van der Waals surface area contributed by atoms with Crippen LogP contribution in [-0.2, 0) is 10.0 Å². The molecule has 0 heterocycles. The molecule has 0 aromatic heterocycles. The zero-order chi connectivity index (χ0) is 12.7. The third kappa shape index (κ3) is 6.63. The molecule has 1 saturated carbocycles. The molecule has 1 rings (SSSR count). The molecular weight excluding hydrogens is 258 g/mol. The number of hydrogen-bond acceptors (Lipinski definition) is 2. The van der Waals surface area contributed by atoms with Crippen LogP contribution >= 0.6 is 11.6 Å². The Kier molecular flexibility index (Phi) is 6.82. The van der Waals surface area contributed by atoms with E-state index in [0.29, 0.717) is 24.8 Å². The van der Waals surface area contributed by atoms with Gasteiger partial charge in [0.2, 0.25) is 10.0 Å². The van der Waals surface area contributed by atoms with E-state index in [1.807, 2.05) is 0 Å². The Bertz CT molecular complexity index is 298. The highest BCUT2D eigenvalue weighted by Crippen LogP contribution is 2.29. The van der Waals surface area contributed by atoms with Crippen molar-refractivity contribution in [2.45, 2.75) is 45.4 Å². The first-order valence-electron chi connectivity index (χ1n) is 6.57. The Hall–Kier alpha value is 0.200. The van der Waals surface area contributed by atoms with Crippen molar-refractivity contribution in [3.63, 3.8) is 0 Å². The summed E-state index contributed by atoms with van der Waals surface area (Å²) in [5.41, 5.74) is 0. The van der Waals surface area contributed by atoms with E-state index in [2.05, 4.69) is 11.6 Å². The molecule has 5 heteroatoms. The fourth-order valence-electron chi connectivity index (χ4n) is 2.35. The second-order valence-electron chi connectivity index (χ2n) is 5.17. The first-order valence-corrected chi connectivity index (χ1v) is 8.75.